The van der Waals surface area contributed by atoms with Crippen LogP contribution < -0.4 is 4.57 Å². The van der Waals surface area contributed by atoms with Gasteiger partial charge in [-0.05, 0) is 45.6 Å². The summed E-state index contributed by atoms with van der Waals surface area (Å²) in [6.07, 6.45) is 5.49. The summed E-state index contributed by atoms with van der Waals surface area (Å²) >= 11 is 0. The van der Waals surface area contributed by atoms with Crippen molar-refractivity contribution in [2.75, 3.05) is 0 Å². The predicted octanol–water partition coefficient (Wildman–Crippen LogP) is 10.0. The summed E-state index contributed by atoms with van der Waals surface area (Å²) in [7, 11) is 2.05. The molecule has 0 saturated carbocycles. The molecule has 4 nitrogen and oxygen atoms in total. The number of rotatable bonds is 4. The minimum atomic E-state index is -0.765. The van der Waals surface area contributed by atoms with Gasteiger partial charge < -0.3 is 18.7 Å². The average molecular weight is 864 g/mol. The number of fused-ring (bicyclic) bond motifs is 6. The van der Waals surface area contributed by atoms with Gasteiger partial charge in [-0.3, -0.25) is 0 Å². The molecule has 1 unspecified atom stereocenters. The summed E-state index contributed by atoms with van der Waals surface area (Å²) in [5.41, 5.74) is 13.4. The summed E-state index contributed by atoms with van der Waals surface area (Å²) in [6.45, 7) is 6.74. The van der Waals surface area contributed by atoms with Crippen molar-refractivity contribution in [2.24, 2.45) is 7.05 Å². The van der Waals surface area contributed by atoms with Crippen molar-refractivity contribution in [3.05, 3.63) is 192 Å². The molecule has 5 heteroatoms. The third-order valence-corrected chi connectivity index (χ3v) is 10.9. The zero-order valence-electron chi connectivity index (χ0n) is 30.0. The topological polar surface area (TPSA) is 26.6 Å². The number of aromatic nitrogens is 4. The van der Waals surface area contributed by atoms with Crippen molar-refractivity contribution >= 4 is 32.8 Å². The Morgan fingerprint density at radius 1 is 0.698 bits per heavy atom. The summed E-state index contributed by atoms with van der Waals surface area (Å²) in [6, 6.07) is 58.3. The van der Waals surface area contributed by atoms with Crippen LogP contribution in [0.1, 0.15) is 48.6 Å². The van der Waals surface area contributed by atoms with Crippen molar-refractivity contribution in [1.82, 2.24) is 14.1 Å². The van der Waals surface area contributed by atoms with Gasteiger partial charge in [-0.15, -0.1) is 23.8 Å². The van der Waals surface area contributed by atoms with E-state index in [1.54, 1.807) is 0 Å². The predicted molar refractivity (Wildman–Crippen MR) is 209 cm³/mol. The zero-order valence-corrected chi connectivity index (χ0v) is 32.2. The number of hydrogen-bond donors (Lipinski definition) is 0. The van der Waals surface area contributed by atoms with Crippen molar-refractivity contribution in [1.29, 1.82) is 0 Å². The van der Waals surface area contributed by atoms with Gasteiger partial charge in [0.1, 0.15) is 0 Å². The minimum absolute atomic E-state index is 0. The van der Waals surface area contributed by atoms with E-state index in [0.29, 0.717) is 0 Å². The monoisotopic (exact) mass is 863 g/mol. The number of hydrogen-bond acceptors (Lipinski definition) is 1. The van der Waals surface area contributed by atoms with Crippen molar-refractivity contribution in [3.63, 3.8) is 0 Å². The average Bonchev–Trinajstić information content (AvgIpc) is 3.71. The molecule has 1 aliphatic heterocycles. The van der Waals surface area contributed by atoms with E-state index in [1.165, 1.54) is 32.9 Å². The van der Waals surface area contributed by atoms with Crippen LogP contribution in [0, 0.1) is 18.5 Å². The Bertz CT molecular complexity index is 2860. The van der Waals surface area contributed by atoms with E-state index in [-0.39, 0.29) is 26.5 Å². The fourth-order valence-electron chi connectivity index (χ4n) is 8.47. The van der Waals surface area contributed by atoms with Crippen LogP contribution in [0.5, 0.6) is 0 Å². The quantitative estimate of drug-likeness (QED) is 0.128. The molecule has 53 heavy (non-hydrogen) atoms. The maximum atomic E-state index is 4.92. The molecule has 0 amide bonds. The summed E-state index contributed by atoms with van der Waals surface area (Å²) in [4.78, 5) is 4.92. The van der Waals surface area contributed by atoms with E-state index in [0.717, 1.165) is 50.4 Å². The molecule has 0 aliphatic carbocycles. The summed E-state index contributed by atoms with van der Waals surface area (Å²) in [5, 5.41) is 2.46. The SMILES string of the molecule is C[n+]1[c-]n(-c2[c-]c(C3(c4ccccc4)c4[c-]c(-c5cc(C(C)(C)C)ccn5)ccc4-n4c5ccccc5c5cccc3c54)ccc2)c2ccccc21.[Pt]. The van der Waals surface area contributed by atoms with E-state index in [2.05, 4.69) is 192 Å². The van der Waals surface area contributed by atoms with Gasteiger partial charge >= 0.3 is 0 Å². The number of benzene rings is 6. The molecule has 9 aromatic rings. The second-order valence-electron chi connectivity index (χ2n) is 14.9. The molecule has 0 radical (unpaired) electrons. The molecule has 3 aromatic heterocycles. The molecule has 1 atom stereocenters. The molecular formula is C48H36N4Pt-2. The Hall–Kier alpha value is -5.57. The number of nitrogens with zero attached hydrogens (tertiary/aromatic N) is 4. The van der Waals surface area contributed by atoms with E-state index >= 15 is 0 Å². The van der Waals surface area contributed by atoms with Crippen LogP contribution in [0.4, 0.5) is 0 Å². The Morgan fingerprint density at radius 2 is 1.43 bits per heavy atom. The molecule has 10 rings (SSSR count). The van der Waals surface area contributed by atoms with Crippen LogP contribution in [-0.4, -0.2) is 14.1 Å². The standard InChI is InChI=1S/C48H36N4.Pt/c1-47(2,3)34-26-27-49-41(30-34)32-24-25-43-40(28-32)48(33-14-6-5-7-15-33,39-20-13-19-38-37-18-8-9-21-42(37)52(43)46(38)39)35-16-12-17-36(29-35)51-31-50(4)44-22-10-11-23-45(44)51;/h5-27,30H,1-4H3;/q-2;. The summed E-state index contributed by atoms with van der Waals surface area (Å²) in [5.74, 6) is 0. The maximum absolute atomic E-state index is 4.92. The number of aryl methyl sites for hydroxylation is 1. The van der Waals surface area contributed by atoms with Gasteiger partial charge in [0.15, 0.2) is 0 Å². The van der Waals surface area contributed by atoms with Crippen molar-refractivity contribution < 1.29 is 25.6 Å². The van der Waals surface area contributed by atoms with Crippen LogP contribution >= 0.6 is 0 Å². The van der Waals surface area contributed by atoms with E-state index in [4.69, 9.17) is 4.98 Å². The van der Waals surface area contributed by atoms with Crippen molar-refractivity contribution in [3.8, 4) is 22.6 Å². The molecule has 1 aliphatic rings. The first-order chi connectivity index (χ1) is 25.3. The van der Waals surface area contributed by atoms with Crippen LogP contribution in [0.25, 0.3) is 55.5 Å². The number of imidazole rings is 1. The Morgan fingerprint density at radius 3 is 2.26 bits per heavy atom. The molecule has 0 bridgehead atoms. The Balaban J connectivity index is 0.00000372. The number of para-hydroxylation sites is 4. The molecule has 260 valence electrons. The van der Waals surface area contributed by atoms with Gasteiger partial charge in [0.25, 0.3) is 0 Å². The first-order valence-electron chi connectivity index (χ1n) is 17.9. The van der Waals surface area contributed by atoms with E-state index < -0.39 is 5.41 Å². The smallest absolute Gasteiger partial charge is 0.242 e. The molecule has 4 heterocycles. The normalized spacial score (nSPS) is 15.1. The second kappa shape index (κ2) is 12.3. The van der Waals surface area contributed by atoms with E-state index in [1.807, 2.05) is 13.2 Å². The first kappa shape index (κ1) is 33.3. The second-order valence-corrected chi connectivity index (χ2v) is 14.9. The molecular weight excluding hydrogens is 828 g/mol. The van der Waals surface area contributed by atoms with Crippen LogP contribution in [0.2, 0.25) is 0 Å². The minimum Gasteiger partial charge on any atom is -0.350 e. The fraction of sp³-hybridized carbons (Fsp3) is 0.125. The molecule has 0 N–H and O–H groups in total. The van der Waals surface area contributed by atoms with Gasteiger partial charge in [0, 0.05) is 54.5 Å². The molecule has 0 saturated heterocycles. The van der Waals surface area contributed by atoms with Crippen LogP contribution in [0.15, 0.2) is 146 Å². The van der Waals surface area contributed by atoms with Gasteiger partial charge in [-0.25, -0.2) is 0 Å². The third-order valence-electron chi connectivity index (χ3n) is 10.9. The van der Waals surface area contributed by atoms with Gasteiger partial charge in [-0.2, -0.15) is 29.8 Å². The number of pyridine rings is 1. The maximum Gasteiger partial charge on any atom is 0.242 e. The van der Waals surface area contributed by atoms with Gasteiger partial charge in [0.05, 0.1) is 18.1 Å². The van der Waals surface area contributed by atoms with Crippen molar-refractivity contribution in [2.45, 2.75) is 31.6 Å². The van der Waals surface area contributed by atoms with Gasteiger partial charge in [-0.1, -0.05) is 129 Å². The van der Waals surface area contributed by atoms with Crippen LogP contribution in [0.3, 0.4) is 0 Å². The first-order valence-corrected chi connectivity index (χ1v) is 17.9. The molecule has 6 aromatic carbocycles. The molecule has 0 fully saturated rings. The fourth-order valence-corrected chi connectivity index (χ4v) is 8.47. The summed E-state index contributed by atoms with van der Waals surface area (Å²) < 4.78 is 6.63. The third kappa shape index (κ3) is 4.85. The Kier molecular flexibility index (Phi) is 7.69. The molecule has 0 spiro atoms. The van der Waals surface area contributed by atoms with E-state index in [9.17, 15) is 0 Å². The van der Waals surface area contributed by atoms with Crippen LogP contribution in [-0.2, 0) is 38.9 Å². The van der Waals surface area contributed by atoms with Gasteiger partial charge in [0.2, 0.25) is 6.33 Å². The largest absolute Gasteiger partial charge is 0.350 e. The Labute approximate surface area is 324 Å². The zero-order chi connectivity index (χ0) is 35.2.